The molecule has 0 bridgehead atoms. The highest BCUT2D eigenvalue weighted by Crippen LogP contribution is 2.31. The molecule has 0 aliphatic heterocycles. The average Bonchev–Trinajstić information content (AvgIpc) is 3.24. The number of nitrogens with zero attached hydrogens (tertiary/aromatic N) is 2. The van der Waals surface area contributed by atoms with Gasteiger partial charge in [0, 0.05) is 12.0 Å². The lowest BCUT2D eigenvalue weighted by Gasteiger charge is -2.24. The molecule has 1 heterocycles. The number of nitrogens with one attached hydrogen (secondary N) is 2. The van der Waals surface area contributed by atoms with Gasteiger partial charge in [0.1, 0.15) is 11.6 Å². The van der Waals surface area contributed by atoms with Crippen molar-refractivity contribution in [3.63, 3.8) is 0 Å². The zero-order chi connectivity index (χ0) is 25.6. The van der Waals surface area contributed by atoms with Gasteiger partial charge in [0.15, 0.2) is 0 Å². The van der Waals surface area contributed by atoms with E-state index in [2.05, 4.69) is 20.5 Å². The van der Waals surface area contributed by atoms with Crippen molar-refractivity contribution in [3.8, 4) is 0 Å². The smallest absolute Gasteiger partial charge is 0.475 e. The lowest BCUT2D eigenvalue weighted by Crippen LogP contribution is -2.21. The van der Waals surface area contributed by atoms with Gasteiger partial charge >= 0.3 is 12.1 Å². The molecule has 0 saturated heterocycles. The molecule has 4 rings (SSSR count). The van der Waals surface area contributed by atoms with E-state index in [0.717, 1.165) is 24.8 Å². The monoisotopic (exact) mass is 493 g/mol. The largest absolute Gasteiger partial charge is 0.490 e. The Morgan fingerprint density at radius 3 is 2.60 bits per heavy atom. The first-order valence-electron chi connectivity index (χ1n) is 10.7. The van der Waals surface area contributed by atoms with E-state index in [9.17, 15) is 22.4 Å². The molecule has 1 atom stereocenters. The van der Waals surface area contributed by atoms with Gasteiger partial charge in [-0.3, -0.25) is 15.2 Å². The van der Waals surface area contributed by atoms with E-state index >= 15 is 0 Å². The number of benzene rings is 2. The summed E-state index contributed by atoms with van der Waals surface area (Å²) in [4.78, 5) is 25.8. The number of aryl methyl sites for hydroxylation is 1. The number of carboxylic acids is 1. The van der Waals surface area contributed by atoms with Crippen LogP contribution in [0.3, 0.4) is 0 Å². The van der Waals surface area contributed by atoms with E-state index in [-0.39, 0.29) is 17.7 Å². The normalized spacial score (nSPS) is 14.9. The third kappa shape index (κ3) is 7.09. The minimum atomic E-state index is -5.08. The van der Waals surface area contributed by atoms with Gasteiger partial charge in [-0.05, 0) is 72.7 Å². The Morgan fingerprint density at radius 1 is 1.20 bits per heavy atom. The van der Waals surface area contributed by atoms with Crippen molar-refractivity contribution in [1.29, 1.82) is 0 Å². The SMILES string of the molecule is NCC1CCCc2ccc(C(=O)Nc3n[nH]c(Cc4cccc(F)c4)n3)cc21.O=C(O)C(F)(F)F. The van der Waals surface area contributed by atoms with E-state index in [1.165, 1.54) is 23.3 Å². The number of carbonyl (C=O) groups excluding carboxylic acids is 1. The maximum atomic E-state index is 13.3. The second kappa shape index (κ2) is 11.1. The van der Waals surface area contributed by atoms with Gasteiger partial charge in [-0.15, -0.1) is 5.10 Å². The van der Waals surface area contributed by atoms with Gasteiger partial charge in [0.25, 0.3) is 5.91 Å². The molecule has 1 aromatic heterocycles. The molecule has 12 heteroatoms. The van der Waals surface area contributed by atoms with Crippen molar-refractivity contribution in [3.05, 3.63) is 76.4 Å². The molecule has 2 aromatic carbocycles. The van der Waals surface area contributed by atoms with Gasteiger partial charge in [-0.1, -0.05) is 18.2 Å². The highest BCUT2D eigenvalue weighted by Gasteiger charge is 2.38. The van der Waals surface area contributed by atoms with Crippen LogP contribution >= 0.6 is 0 Å². The first kappa shape index (κ1) is 25.8. The standard InChI is InChI=1S/C21H22FN5O.C2HF3O2/c22-17-6-1-3-13(9-17)10-19-24-21(27-26-19)25-20(28)15-8-7-14-4-2-5-16(12-23)18(14)11-15;3-2(4,5)1(6)7/h1,3,6-9,11,16H,2,4-5,10,12,23H2,(H2,24,25,26,27,28);(H,6,7). The maximum Gasteiger partial charge on any atom is 0.490 e. The predicted molar refractivity (Wildman–Crippen MR) is 118 cm³/mol. The lowest BCUT2D eigenvalue weighted by atomic mass is 9.82. The molecule has 35 heavy (non-hydrogen) atoms. The van der Waals surface area contributed by atoms with E-state index in [1.54, 1.807) is 6.07 Å². The fourth-order valence-corrected chi connectivity index (χ4v) is 3.73. The average molecular weight is 493 g/mol. The third-order valence-electron chi connectivity index (χ3n) is 5.39. The number of carboxylic acid groups (broad SMARTS) is 1. The van der Waals surface area contributed by atoms with Crippen LogP contribution in [0.4, 0.5) is 23.5 Å². The number of hydrogen-bond donors (Lipinski definition) is 4. The van der Waals surface area contributed by atoms with E-state index in [4.69, 9.17) is 15.6 Å². The van der Waals surface area contributed by atoms with Crippen molar-refractivity contribution >= 4 is 17.8 Å². The Kier molecular flexibility index (Phi) is 8.18. The number of aromatic nitrogens is 3. The van der Waals surface area contributed by atoms with E-state index < -0.39 is 12.1 Å². The number of nitrogens with two attached hydrogens (primary N) is 1. The van der Waals surface area contributed by atoms with Gasteiger partial charge < -0.3 is 10.8 Å². The molecule has 3 aromatic rings. The van der Waals surface area contributed by atoms with Crippen LogP contribution in [0.25, 0.3) is 0 Å². The topological polar surface area (TPSA) is 134 Å². The van der Waals surface area contributed by atoms with Crippen molar-refractivity contribution in [2.24, 2.45) is 5.73 Å². The van der Waals surface area contributed by atoms with Crippen molar-refractivity contribution in [2.75, 3.05) is 11.9 Å². The van der Waals surface area contributed by atoms with Crippen molar-refractivity contribution in [1.82, 2.24) is 15.2 Å². The zero-order valence-electron chi connectivity index (χ0n) is 18.4. The highest BCUT2D eigenvalue weighted by molar-refractivity contribution is 6.03. The molecule has 0 spiro atoms. The highest BCUT2D eigenvalue weighted by atomic mass is 19.4. The van der Waals surface area contributed by atoms with E-state index in [0.29, 0.717) is 30.3 Å². The minimum absolute atomic E-state index is 0.199. The Balaban J connectivity index is 0.000000429. The molecule has 0 radical (unpaired) electrons. The van der Waals surface area contributed by atoms with Crippen LogP contribution in [0.2, 0.25) is 0 Å². The van der Waals surface area contributed by atoms with Gasteiger partial charge in [-0.25, -0.2) is 9.18 Å². The summed E-state index contributed by atoms with van der Waals surface area (Å²) in [6.45, 7) is 0.586. The Morgan fingerprint density at radius 2 is 1.94 bits per heavy atom. The number of aliphatic carboxylic acids is 1. The number of aromatic amines is 1. The molecule has 1 amide bonds. The van der Waals surface area contributed by atoms with Crippen LogP contribution in [0.5, 0.6) is 0 Å². The quantitative estimate of drug-likeness (QED) is 0.400. The zero-order valence-corrected chi connectivity index (χ0v) is 18.4. The molecule has 1 unspecified atom stereocenters. The fraction of sp³-hybridized carbons (Fsp3) is 0.304. The Bertz CT molecular complexity index is 1200. The van der Waals surface area contributed by atoms with Gasteiger partial charge in [-0.2, -0.15) is 18.2 Å². The van der Waals surface area contributed by atoms with Crippen LogP contribution in [0, 0.1) is 5.82 Å². The summed E-state index contributed by atoms with van der Waals surface area (Å²) in [6, 6.07) is 12.1. The summed E-state index contributed by atoms with van der Waals surface area (Å²) < 4.78 is 45.0. The number of anilines is 1. The second-order valence-electron chi connectivity index (χ2n) is 7.91. The number of rotatable bonds is 5. The van der Waals surface area contributed by atoms with E-state index in [1.807, 2.05) is 24.3 Å². The molecular weight excluding hydrogens is 470 g/mol. The van der Waals surface area contributed by atoms with Crippen LogP contribution in [-0.4, -0.2) is 44.9 Å². The number of amides is 1. The summed E-state index contributed by atoms with van der Waals surface area (Å²) >= 11 is 0. The molecular formula is C23H23F4N5O3. The number of carbonyl (C=O) groups is 2. The third-order valence-corrected chi connectivity index (χ3v) is 5.39. The number of hydrogen-bond acceptors (Lipinski definition) is 5. The first-order valence-corrected chi connectivity index (χ1v) is 10.7. The molecule has 8 nitrogen and oxygen atoms in total. The summed E-state index contributed by atoms with van der Waals surface area (Å²) in [5.74, 6) is -2.27. The molecule has 1 aliphatic carbocycles. The number of halogens is 4. The Hall–Kier alpha value is -3.80. The molecule has 0 saturated carbocycles. The van der Waals surface area contributed by atoms with Crippen molar-refractivity contribution in [2.45, 2.75) is 37.8 Å². The van der Waals surface area contributed by atoms with Crippen LogP contribution < -0.4 is 11.1 Å². The Labute approximate surface area is 197 Å². The van der Waals surface area contributed by atoms with Gasteiger partial charge in [0.05, 0.1) is 0 Å². The van der Waals surface area contributed by atoms with Crippen LogP contribution in [0.1, 0.15) is 51.6 Å². The molecule has 5 N–H and O–H groups in total. The summed E-state index contributed by atoms with van der Waals surface area (Å²) in [5, 5.41) is 16.7. The number of alkyl halides is 3. The first-order chi connectivity index (χ1) is 16.6. The van der Waals surface area contributed by atoms with Gasteiger partial charge in [0.2, 0.25) is 5.95 Å². The fourth-order valence-electron chi connectivity index (χ4n) is 3.73. The predicted octanol–water partition coefficient (Wildman–Crippen LogP) is 3.80. The van der Waals surface area contributed by atoms with Crippen LogP contribution in [0.15, 0.2) is 42.5 Å². The molecule has 1 aliphatic rings. The van der Waals surface area contributed by atoms with Crippen LogP contribution in [-0.2, 0) is 17.6 Å². The minimum Gasteiger partial charge on any atom is -0.475 e. The number of fused-ring (bicyclic) bond motifs is 1. The number of H-pyrrole nitrogens is 1. The summed E-state index contributed by atoms with van der Waals surface area (Å²) in [5.41, 5.74) is 9.68. The second-order valence-corrected chi connectivity index (χ2v) is 7.91. The summed E-state index contributed by atoms with van der Waals surface area (Å²) in [7, 11) is 0. The maximum absolute atomic E-state index is 13.3. The lowest BCUT2D eigenvalue weighted by molar-refractivity contribution is -0.192. The molecule has 186 valence electrons. The van der Waals surface area contributed by atoms with Crippen molar-refractivity contribution < 1.29 is 32.3 Å². The summed E-state index contributed by atoms with van der Waals surface area (Å²) in [6.07, 6.45) is -1.47. The molecule has 0 fully saturated rings.